The van der Waals surface area contributed by atoms with Crippen LogP contribution in [0.4, 0.5) is 0 Å². The maximum Gasteiger partial charge on any atom is 0.303 e. The van der Waals surface area contributed by atoms with Crippen LogP contribution >= 0.6 is 0 Å². The molecule has 7 unspecified atom stereocenters. The van der Waals surface area contributed by atoms with Gasteiger partial charge in [0.15, 0.2) is 0 Å². The summed E-state index contributed by atoms with van der Waals surface area (Å²) >= 11 is 0. The second kappa shape index (κ2) is 66.1. The number of hydrogen-bond acceptors (Lipinski definition) is 19. The Hall–Kier alpha value is -8.37. The molecule has 0 spiro atoms. The molecule has 722 valence electrons. The highest BCUT2D eigenvalue weighted by Gasteiger charge is 2.25. The molecular weight excluding hydrogens is 1740 g/mol. The van der Waals surface area contributed by atoms with Gasteiger partial charge in [-0.15, -0.1) is 0 Å². The van der Waals surface area contributed by atoms with Crippen LogP contribution in [0.1, 0.15) is 235 Å². The summed E-state index contributed by atoms with van der Waals surface area (Å²) in [5.74, 6) is 4.05. The third-order valence-corrected chi connectivity index (χ3v) is 26.4. The molecule has 7 rings (SSSR count). The molecule has 7 N–H and O–H groups in total. The number of carbonyl (C=O) groups is 2. The SMILES string of the molecule is Cc1ccc(OCCCC(C)C(C)S(=O)(=O)O)cc1.Cc1ccc(OCCCCC(=O)O)cc1.Cc1ccc(OCCCCC(C)C(C)S(=O)(=O)O)cc1.Cc1ccc(OCCCCC(C)CS(=O)(=O)O)cc1.Cc1ccc(OCCCCCC(C)CS(=O)(=O)O)cc1.Cc1ccc(OCCCCCCC(C)S(=O)(=O)O)cc1.Cc1cccc(OCCCCC(=O)O)c1. The van der Waals surface area contributed by atoms with E-state index >= 15 is 0 Å². The second-order valence-electron chi connectivity index (χ2n) is 32.9. The molecule has 0 fully saturated rings. The Morgan fingerprint density at radius 2 is 0.500 bits per heavy atom. The summed E-state index contributed by atoms with van der Waals surface area (Å²) in [6.45, 7) is 30.4. The Morgan fingerprint density at radius 1 is 0.266 bits per heavy atom. The van der Waals surface area contributed by atoms with Crippen molar-refractivity contribution in [2.45, 2.75) is 260 Å². The van der Waals surface area contributed by atoms with E-state index in [1.807, 2.05) is 246 Å². The van der Waals surface area contributed by atoms with Crippen LogP contribution in [-0.2, 0) is 60.2 Å². The largest absolute Gasteiger partial charge is 0.494 e. The highest BCUT2D eigenvalue weighted by atomic mass is 32.2. The number of aliphatic carboxylic acids is 2. The molecule has 0 bridgehead atoms. The smallest absolute Gasteiger partial charge is 0.303 e. The van der Waals surface area contributed by atoms with Crippen LogP contribution in [0.25, 0.3) is 0 Å². The van der Waals surface area contributed by atoms with Crippen LogP contribution in [0.5, 0.6) is 40.2 Å². The lowest BCUT2D eigenvalue weighted by Gasteiger charge is -2.17. The summed E-state index contributed by atoms with van der Waals surface area (Å²) in [5.41, 5.74) is 8.38. The average Bonchev–Trinajstić information content (AvgIpc) is 0.885. The molecule has 0 saturated heterocycles. The molecule has 0 saturated carbocycles. The third-order valence-electron chi connectivity index (χ3n) is 20.4. The Labute approximate surface area is 766 Å². The summed E-state index contributed by atoms with van der Waals surface area (Å²) in [6, 6.07) is 55.2. The Morgan fingerprint density at radius 3 is 0.773 bits per heavy atom. The molecule has 31 heteroatoms. The first kappa shape index (κ1) is 118. The number of rotatable bonds is 53. The highest BCUT2D eigenvalue weighted by molar-refractivity contribution is 7.87. The first-order valence-electron chi connectivity index (χ1n) is 44.2. The molecule has 0 aliphatic rings. The van der Waals surface area contributed by atoms with E-state index in [2.05, 4.69) is 0 Å². The van der Waals surface area contributed by atoms with Crippen molar-refractivity contribution in [2.75, 3.05) is 57.8 Å². The van der Waals surface area contributed by atoms with E-state index < -0.39 is 78.3 Å². The normalized spacial score (nSPS) is 12.9. The predicted octanol–water partition coefficient (Wildman–Crippen LogP) is 21.9. The first-order chi connectivity index (χ1) is 60.1. The van der Waals surface area contributed by atoms with E-state index in [1.54, 1.807) is 6.92 Å². The zero-order valence-corrected chi connectivity index (χ0v) is 81.8. The van der Waals surface area contributed by atoms with Crippen LogP contribution in [0.15, 0.2) is 170 Å². The maximum atomic E-state index is 11.0. The van der Waals surface area contributed by atoms with Crippen molar-refractivity contribution < 1.29 is 118 Å². The van der Waals surface area contributed by atoms with Crippen molar-refractivity contribution in [1.82, 2.24) is 0 Å². The van der Waals surface area contributed by atoms with Gasteiger partial charge in [0.2, 0.25) is 0 Å². The fraction of sp³-hybridized carbons (Fsp3) is 0.546. The molecule has 26 nitrogen and oxygen atoms in total. The van der Waals surface area contributed by atoms with Crippen molar-refractivity contribution in [3.63, 3.8) is 0 Å². The zero-order chi connectivity index (χ0) is 96.2. The van der Waals surface area contributed by atoms with Crippen molar-refractivity contribution >= 4 is 62.5 Å². The minimum Gasteiger partial charge on any atom is -0.494 e. The Kier molecular flexibility index (Phi) is 60.7. The van der Waals surface area contributed by atoms with Crippen LogP contribution < -0.4 is 33.2 Å². The lowest BCUT2D eigenvalue weighted by Crippen LogP contribution is -2.24. The van der Waals surface area contributed by atoms with Gasteiger partial charge in [0.05, 0.1) is 73.5 Å². The van der Waals surface area contributed by atoms with Gasteiger partial charge >= 0.3 is 11.9 Å². The van der Waals surface area contributed by atoms with Gasteiger partial charge in [0.1, 0.15) is 40.2 Å². The fourth-order valence-corrected chi connectivity index (χ4v) is 15.6. The van der Waals surface area contributed by atoms with Crippen molar-refractivity contribution in [3.8, 4) is 40.2 Å². The average molecular weight is 1890 g/mol. The van der Waals surface area contributed by atoms with E-state index in [0.717, 1.165) is 155 Å². The standard InChI is InChI=1S/3C15H24O4S.2C14H22O4S.2C12H16O3/c1-12-7-9-15(10-8-12)19-11-5-4-6-13(2)14(3)20(16,17)18;1-13-7-9-15(10-8-13)19-11-5-3-4-6-14(2)12-20(16,17)18;1-13-8-10-15(11-9-13)19-12-6-4-3-5-7-14(2)20(16,17)18;1-11-6-8-14(9-7-11)18-10-4-5-12(2)13(3)19(15,16)17;1-12-6-8-14(9-7-12)18-10-4-3-5-13(2)11-19(15,16)17;1-10-5-4-6-11(9-10)15-8-3-2-7-12(13)14;1-10-5-7-11(8-6-10)15-9-3-2-4-12(13)14/h7-10,13-14H,4-6,11H2,1-3H3,(H,16,17,18);7-10,14H,3-6,11-12H2,1-2H3,(H,16,17,18);8-11,14H,3-7,12H2,1-2H3,(H,16,17,18);6-9,12-13H,4-5,10H2,1-3H3,(H,15,16,17);6-9,13H,3-5,10-11H2,1-2H3,(H,15,16,17);4-6,9H,2-3,7-8H2,1H3,(H,13,14);5-8H,2-4,9H2,1H3,(H,13,14). The second-order valence-corrected chi connectivity index (χ2v) is 41.3. The molecule has 0 amide bonds. The lowest BCUT2D eigenvalue weighted by atomic mass is 10.0. The van der Waals surface area contributed by atoms with E-state index in [-0.39, 0.29) is 48.0 Å². The number of carboxylic acids is 2. The molecule has 7 aromatic carbocycles. The minimum atomic E-state index is -3.94. The number of aryl methyl sites for hydroxylation is 7. The fourth-order valence-electron chi connectivity index (χ4n) is 11.9. The third kappa shape index (κ3) is 66.1. The molecule has 0 radical (unpaired) electrons. The molecule has 0 aliphatic heterocycles. The number of ether oxygens (including phenoxy) is 7. The summed E-state index contributed by atoms with van der Waals surface area (Å²) in [5, 5.41) is 14.7. The Bertz CT molecular complexity index is 4690. The van der Waals surface area contributed by atoms with E-state index in [4.69, 9.17) is 66.1 Å². The maximum absolute atomic E-state index is 11.0. The van der Waals surface area contributed by atoms with Gasteiger partial charge in [-0.05, 0) is 286 Å². The Balaban J connectivity index is 0.000000749. The summed E-state index contributed by atoms with van der Waals surface area (Å²) in [7, 11) is -19.4. The number of benzene rings is 7. The summed E-state index contributed by atoms with van der Waals surface area (Å²) in [6.07, 6.45) is 17.8. The van der Waals surface area contributed by atoms with E-state index in [1.165, 1.54) is 47.2 Å². The number of carboxylic acid groups (broad SMARTS) is 2. The highest BCUT2D eigenvalue weighted by Crippen LogP contribution is 2.24. The van der Waals surface area contributed by atoms with Gasteiger partial charge in [0.25, 0.3) is 50.6 Å². The molecule has 7 atom stereocenters. The van der Waals surface area contributed by atoms with Crippen molar-refractivity contribution in [2.24, 2.45) is 23.7 Å². The van der Waals surface area contributed by atoms with Gasteiger partial charge in [-0.3, -0.25) is 32.4 Å². The topological polar surface area (TPSA) is 411 Å². The van der Waals surface area contributed by atoms with E-state index in [0.29, 0.717) is 71.9 Å². The van der Waals surface area contributed by atoms with Gasteiger partial charge < -0.3 is 43.4 Å². The molecule has 0 aromatic heterocycles. The van der Waals surface area contributed by atoms with Crippen molar-refractivity contribution in [1.29, 1.82) is 0 Å². The zero-order valence-electron chi connectivity index (χ0n) is 77.8. The molecule has 128 heavy (non-hydrogen) atoms. The van der Waals surface area contributed by atoms with Gasteiger partial charge in [-0.25, -0.2) is 0 Å². The van der Waals surface area contributed by atoms with Crippen LogP contribution in [0.3, 0.4) is 0 Å². The minimum absolute atomic E-state index is 0.00279. The molecule has 0 heterocycles. The number of hydrogen-bond donors (Lipinski definition) is 7. The summed E-state index contributed by atoms with van der Waals surface area (Å²) < 4.78 is 191. The van der Waals surface area contributed by atoms with Crippen molar-refractivity contribution in [3.05, 3.63) is 209 Å². The van der Waals surface area contributed by atoms with Crippen LogP contribution in [0, 0.1) is 72.1 Å². The molecule has 0 aliphatic carbocycles. The van der Waals surface area contributed by atoms with E-state index in [9.17, 15) is 51.7 Å². The quantitative estimate of drug-likeness (QED) is 0.0137. The van der Waals surface area contributed by atoms with Gasteiger partial charge in [0, 0.05) is 12.8 Å². The molecule has 7 aromatic rings. The predicted molar refractivity (Wildman–Crippen MR) is 511 cm³/mol. The first-order valence-corrected chi connectivity index (χ1v) is 51.9. The van der Waals surface area contributed by atoms with Crippen LogP contribution in [0.2, 0.25) is 0 Å². The van der Waals surface area contributed by atoms with Gasteiger partial charge in [-0.2, -0.15) is 42.1 Å². The lowest BCUT2D eigenvalue weighted by molar-refractivity contribution is -0.138. The van der Waals surface area contributed by atoms with Crippen LogP contribution in [-0.4, -0.2) is 161 Å². The number of unbranched alkanes of at least 4 members (excludes halogenated alkanes) is 9. The van der Waals surface area contributed by atoms with Gasteiger partial charge in [-0.1, -0.05) is 178 Å². The molecular formula is C97H148O26S5. The monoisotopic (exact) mass is 1890 g/mol. The summed E-state index contributed by atoms with van der Waals surface area (Å²) in [4.78, 5) is 20.5.